The second kappa shape index (κ2) is 6.61. The molecule has 1 saturated carbocycles. The molecule has 0 heterocycles. The van der Waals surface area contributed by atoms with Crippen LogP contribution < -0.4 is 5.73 Å². The van der Waals surface area contributed by atoms with E-state index in [2.05, 4.69) is 12.1 Å². The lowest BCUT2D eigenvalue weighted by Crippen LogP contribution is -2.46. The van der Waals surface area contributed by atoms with Crippen molar-refractivity contribution in [3.63, 3.8) is 0 Å². The molecule has 0 aromatic rings. The van der Waals surface area contributed by atoms with Gasteiger partial charge in [-0.25, -0.2) is 0 Å². The second-order valence-corrected chi connectivity index (χ2v) is 5.16. The number of hydrogen-bond donors (Lipinski definition) is 2. The maximum atomic E-state index is 12.7. The van der Waals surface area contributed by atoms with Crippen LogP contribution >= 0.6 is 0 Å². The molecule has 0 bridgehead atoms. The highest BCUT2D eigenvalue weighted by atomic mass is 16.4. The van der Waals surface area contributed by atoms with Gasteiger partial charge < -0.3 is 15.8 Å². The lowest BCUT2D eigenvalue weighted by atomic mass is 9.82. The molecule has 0 aromatic carbocycles. The summed E-state index contributed by atoms with van der Waals surface area (Å²) in [7, 11) is 0. The summed E-state index contributed by atoms with van der Waals surface area (Å²) in [5, 5.41) is 11.6. The quantitative estimate of drug-likeness (QED) is 0.329. The third-order valence-corrected chi connectivity index (χ3v) is 3.95. The minimum Gasteiger partial charge on any atom is -0.409 e. The Hall–Kier alpha value is -1.26. The van der Waals surface area contributed by atoms with Crippen LogP contribution in [-0.2, 0) is 4.79 Å². The molecule has 1 rings (SSSR count). The number of rotatable bonds is 6. The summed E-state index contributed by atoms with van der Waals surface area (Å²) in [5.74, 6) is 0.275. The van der Waals surface area contributed by atoms with E-state index < -0.39 is 0 Å². The SMILES string of the molecule is CCCN(CC(N)=NO)C(=O)C1(CC)CCCC1. The molecule has 1 amide bonds. The zero-order valence-corrected chi connectivity index (χ0v) is 11.5. The van der Waals surface area contributed by atoms with Crippen LogP contribution in [0.5, 0.6) is 0 Å². The number of carbonyl (C=O) groups excluding carboxylic acids is 1. The molecule has 3 N–H and O–H groups in total. The molecule has 0 atom stereocenters. The highest BCUT2D eigenvalue weighted by Crippen LogP contribution is 2.42. The molecule has 0 saturated heterocycles. The van der Waals surface area contributed by atoms with Gasteiger partial charge in [-0.3, -0.25) is 4.79 Å². The van der Waals surface area contributed by atoms with Crippen molar-refractivity contribution in [2.24, 2.45) is 16.3 Å². The highest BCUT2D eigenvalue weighted by Gasteiger charge is 2.41. The minimum absolute atomic E-state index is 0.0982. The number of nitrogens with two attached hydrogens (primary N) is 1. The number of amidine groups is 1. The molecule has 1 fully saturated rings. The molecule has 0 aromatic heterocycles. The van der Waals surface area contributed by atoms with Crippen LogP contribution in [0.2, 0.25) is 0 Å². The molecule has 5 nitrogen and oxygen atoms in total. The van der Waals surface area contributed by atoms with Gasteiger partial charge >= 0.3 is 0 Å². The number of hydrogen-bond acceptors (Lipinski definition) is 3. The van der Waals surface area contributed by atoms with Crippen molar-refractivity contribution in [2.45, 2.75) is 52.4 Å². The van der Waals surface area contributed by atoms with Crippen molar-refractivity contribution in [1.82, 2.24) is 4.90 Å². The minimum atomic E-state index is -0.203. The molecule has 5 heteroatoms. The molecule has 104 valence electrons. The van der Waals surface area contributed by atoms with Crippen LogP contribution in [-0.4, -0.2) is 34.9 Å². The summed E-state index contributed by atoms with van der Waals surface area (Å²) >= 11 is 0. The van der Waals surface area contributed by atoms with Gasteiger partial charge in [-0.15, -0.1) is 0 Å². The van der Waals surface area contributed by atoms with Crippen LogP contribution in [0.4, 0.5) is 0 Å². The Morgan fingerprint density at radius 3 is 2.44 bits per heavy atom. The summed E-state index contributed by atoms with van der Waals surface area (Å²) in [6.07, 6.45) is 5.95. The fraction of sp³-hybridized carbons (Fsp3) is 0.846. The number of nitrogens with zero attached hydrogens (tertiary/aromatic N) is 2. The topological polar surface area (TPSA) is 78.9 Å². The molecular weight excluding hydrogens is 230 g/mol. The van der Waals surface area contributed by atoms with E-state index in [1.807, 2.05) is 6.92 Å². The first-order valence-electron chi connectivity index (χ1n) is 6.85. The van der Waals surface area contributed by atoms with Crippen molar-refractivity contribution >= 4 is 11.7 Å². The number of carbonyl (C=O) groups is 1. The lowest BCUT2D eigenvalue weighted by molar-refractivity contribution is -0.141. The van der Waals surface area contributed by atoms with Crippen molar-refractivity contribution in [1.29, 1.82) is 0 Å². The summed E-state index contributed by atoms with van der Waals surface area (Å²) in [6, 6.07) is 0. The van der Waals surface area contributed by atoms with Gasteiger partial charge in [-0.05, 0) is 25.7 Å². The lowest BCUT2D eigenvalue weighted by Gasteiger charge is -2.33. The van der Waals surface area contributed by atoms with E-state index in [4.69, 9.17) is 10.9 Å². The third kappa shape index (κ3) is 3.15. The normalized spacial score (nSPS) is 18.9. The van der Waals surface area contributed by atoms with Crippen LogP contribution in [0.3, 0.4) is 0 Å². The summed E-state index contributed by atoms with van der Waals surface area (Å²) in [6.45, 7) is 5.00. The van der Waals surface area contributed by atoms with Gasteiger partial charge in [0.05, 0.1) is 6.54 Å². The van der Waals surface area contributed by atoms with Crippen molar-refractivity contribution in [2.75, 3.05) is 13.1 Å². The molecule has 1 aliphatic rings. The monoisotopic (exact) mass is 255 g/mol. The van der Waals surface area contributed by atoms with Crippen LogP contribution in [0.1, 0.15) is 52.4 Å². The molecule has 0 unspecified atom stereocenters. The number of amides is 1. The van der Waals surface area contributed by atoms with E-state index in [-0.39, 0.29) is 23.7 Å². The Balaban J connectivity index is 2.80. The van der Waals surface area contributed by atoms with Crippen LogP contribution in [0.15, 0.2) is 5.16 Å². The zero-order chi connectivity index (χ0) is 13.6. The van der Waals surface area contributed by atoms with Crippen molar-refractivity contribution in [3.8, 4) is 0 Å². The number of oxime groups is 1. The van der Waals surface area contributed by atoms with Gasteiger partial charge in [0.1, 0.15) is 0 Å². The van der Waals surface area contributed by atoms with Gasteiger partial charge in [0.15, 0.2) is 5.84 Å². The molecule has 0 spiro atoms. The first-order valence-corrected chi connectivity index (χ1v) is 6.85. The maximum Gasteiger partial charge on any atom is 0.229 e. The molecule has 0 radical (unpaired) electrons. The second-order valence-electron chi connectivity index (χ2n) is 5.16. The van der Waals surface area contributed by atoms with E-state index >= 15 is 0 Å². The standard InChI is InChI=1S/C13H25N3O2/c1-3-9-16(10-11(14)15-18)12(17)13(4-2)7-5-6-8-13/h18H,3-10H2,1-2H3,(H2,14,15). The van der Waals surface area contributed by atoms with Crippen LogP contribution in [0, 0.1) is 5.41 Å². The van der Waals surface area contributed by atoms with E-state index in [0.29, 0.717) is 6.54 Å². The average molecular weight is 255 g/mol. The van der Waals surface area contributed by atoms with E-state index in [0.717, 1.165) is 38.5 Å². The fourth-order valence-corrected chi connectivity index (χ4v) is 2.86. The van der Waals surface area contributed by atoms with E-state index in [1.165, 1.54) is 0 Å². The Kier molecular flexibility index (Phi) is 5.44. The van der Waals surface area contributed by atoms with Crippen molar-refractivity contribution < 1.29 is 10.0 Å². The van der Waals surface area contributed by atoms with Gasteiger partial charge in [-0.1, -0.05) is 31.8 Å². The Morgan fingerprint density at radius 1 is 1.39 bits per heavy atom. The Labute approximate surface area is 109 Å². The van der Waals surface area contributed by atoms with Crippen LogP contribution in [0.25, 0.3) is 0 Å². The molecule has 18 heavy (non-hydrogen) atoms. The smallest absolute Gasteiger partial charge is 0.229 e. The van der Waals surface area contributed by atoms with E-state index in [1.54, 1.807) is 4.90 Å². The Bertz CT molecular complexity index is 309. The van der Waals surface area contributed by atoms with E-state index in [9.17, 15) is 4.79 Å². The summed E-state index contributed by atoms with van der Waals surface area (Å²) in [4.78, 5) is 14.4. The van der Waals surface area contributed by atoms with Gasteiger partial charge in [0.2, 0.25) is 5.91 Å². The van der Waals surface area contributed by atoms with Gasteiger partial charge in [-0.2, -0.15) is 0 Å². The summed E-state index contributed by atoms with van der Waals surface area (Å²) in [5.41, 5.74) is 5.33. The average Bonchev–Trinajstić information content (AvgIpc) is 2.87. The van der Waals surface area contributed by atoms with Gasteiger partial charge in [0, 0.05) is 12.0 Å². The predicted octanol–water partition coefficient (Wildman–Crippen LogP) is 1.94. The third-order valence-electron chi connectivity index (χ3n) is 3.95. The first kappa shape index (κ1) is 14.8. The highest BCUT2D eigenvalue weighted by molar-refractivity contribution is 5.89. The molecular formula is C13H25N3O2. The molecule has 0 aliphatic heterocycles. The maximum absolute atomic E-state index is 12.7. The molecule has 1 aliphatic carbocycles. The first-order chi connectivity index (χ1) is 8.59. The largest absolute Gasteiger partial charge is 0.409 e. The zero-order valence-electron chi connectivity index (χ0n) is 11.5. The fourth-order valence-electron chi connectivity index (χ4n) is 2.86. The predicted molar refractivity (Wildman–Crippen MR) is 71.5 cm³/mol. The Morgan fingerprint density at radius 2 is 2.00 bits per heavy atom. The van der Waals surface area contributed by atoms with Crippen molar-refractivity contribution in [3.05, 3.63) is 0 Å². The van der Waals surface area contributed by atoms with Gasteiger partial charge in [0.25, 0.3) is 0 Å². The summed E-state index contributed by atoms with van der Waals surface area (Å²) < 4.78 is 0.